The zero-order valence-corrected chi connectivity index (χ0v) is 15.2. The Labute approximate surface area is 153 Å². The van der Waals surface area contributed by atoms with Crippen LogP contribution in [0.5, 0.6) is 0 Å². The second kappa shape index (κ2) is 4.52. The van der Waals surface area contributed by atoms with E-state index in [2.05, 4.69) is 36.5 Å². The van der Waals surface area contributed by atoms with Crippen LogP contribution in [0.1, 0.15) is 25.3 Å². The molecule has 26 heavy (non-hydrogen) atoms. The molecule has 7 rings (SSSR count). The molecule has 1 unspecified atom stereocenters. The number of methoxy groups -OCH3 is 1. The van der Waals surface area contributed by atoms with Crippen LogP contribution in [0.3, 0.4) is 0 Å². The highest BCUT2D eigenvalue weighted by molar-refractivity contribution is 5.83. The second-order valence-electron chi connectivity index (χ2n) is 8.80. The van der Waals surface area contributed by atoms with Gasteiger partial charge in [-0.15, -0.1) is 0 Å². The molecule has 5 nitrogen and oxygen atoms in total. The van der Waals surface area contributed by atoms with Gasteiger partial charge in [0, 0.05) is 24.4 Å². The third-order valence-corrected chi connectivity index (χ3v) is 8.51. The van der Waals surface area contributed by atoms with Crippen molar-refractivity contribution < 1.29 is 19.5 Å². The van der Waals surface area contributed by atoms with Crippen LogP contribution in [0.15, 0.2) is 35.9 Å². The van der Waals surface area contributed by atoms with Crippen molar-refractivity contribution in [2.24, 2.45) is 11.3 Å². The number of anilines is 1. The lowest BCUT2D eigenvalue weighted by Gasteiger charge is -2.57. The maximum absolute atomic E-state index is 13.3. The fourth-order valence-corrected chi connectivity index (χ4v) is 7.76. The first-order valence-corrected chi connectivity index (χ1v) is 9.73. The van der Waals surface area contributed by atoms with Crippen LogP contribution in [0, 0.1) is 11.3 Å². The summed E-state index contributed by atoms with van der Waals surface area (Å²) in [6.07, 6.45) is 3.26. The number of rotatable bonds is 1. The number of aliphatic hydroxyl groups excluding tert-OH is 1. The molecule has 8 atom stereocenters. The van der Waals surface area contributed by atoms with Crippen LogP contribution < -0.4 is 10.2 Å². The predicted octanol–water partition coefficient (Wildman–Crippen LogP) is 0.258. The third kappa shape index (κ3) is 1.28. The van der Waals surface area contributed by atoms with Crippen molar-refractivity contribution in [3.8, 4) is 0 Å². The van der Waals surface area contributed by atoms with Crippen molar-refractivity contribution in [3.63, 3.8) is 0 Å². The Kier molecular flexibility index (Phi) is 2.65. The van der Waals surface area contributed by atoms with E-state index in [4.69, 9.17) is 4.74 Å². The van der Waals surface area contributed by atoms with Crippen molar-refractivity contribution in [2.75, 3.05) is 19.0 Å². The number of quaternary nitrogens is 1. The van der Waals surface area contributed by atoms with E-state index in [1.165, 1.54) is 23.1 Å². The summed E-state index contributed by atoms with van der Waals surface area (Å²) in [5.74, 6) is -0.113. The monoisotopic (exact) mass is 353 g/mol. The first kappa shape index (κ1) is 15.2. The molecule has 4 saturated heterocycles. The number of para-hydroxylation sites is 1. The minimum atomic E-state index is -0.811. The number of aliphatic hydroxyl groups is 1. The minimum Gasteiger partial charge on any atom is -0.468 e. The van der Waals surface area contributed by atoms with Gasteiger partial charge in [0.15, 0.2) is 5.41 Å². The molecule has 1 aliphatic carbocycles. The Balaban J connectivity index is 1.65. The summed E-state index contributed by atoms with van der Waals surface area (Å²) in [6, 6.07) is 9.12. The smallest absolute Gasteiger partial charge is 0.321 e. The molecule has 1 aromatic carbocycles. The largest absolute Gasteiger partial charge is 0.468 e. The quantitative estimate of drug-likeness (QED) is 0.501. The number of esters is 1. The Hall–Kier alpha value is -1.85. The van der Waals surface area contributed by atoms with E-state index in [-0.39, 0.29) is 29.4 Å². The number of piperidine rings is 4. The highest BCUT2D eigenvalue weighted by Gasteiger charge is 2.84. The normalized spacial score (nSPS) is 50.5. The Morgan fingerprint density at radius 3 is 3.00 bits per heavy atom. The molecule has 0 aromatic heterocycles. The van der Waals surface area contributed by atoms with Gasteiger partial charge in [-0.1, -0.05) is 24.3 Å². The van der Waals surface area contributed by atoms with Crippen molar-refractivity contribution in [1.82, 2.24) is 0 Å². The van der Waals surface area contributed by atoms with E-state index in [0.717, 1.165) is 25.1 Å². The number of benzene rings is 1. The van der Waals surface area contributed by atoms with Gasteiger partial charge in [-0.3, -0.25) is 4.79 Å². The molecule has 5 heteroatoms. The van der Waals surface area contributed by atoms with Gasteiger partial charge in [-0.05, 0) is 24.1 Å². The summed E-state index contributed by atoms with van der Waals surface area (Å²) < 4.78 is 5.35. The number of ether oxygens (including phenoxy) is 1. The molecule has 1 spiro atoms. The van der Waals surface area contributed by atoms with E-state index < -0.39 is 11.5 Å². The Bertz CT molecular complexity index is 867. The van der Waals surface area contributed by atoms with Crippen LogP contribution in [0.2, 0.25) is 0 Å². The molecule has 136 valence electrons. The molecular weight excluding hydrogens is 328 g/mol. The van der Waals surface area contributed by atoms with E-state index in [1.54, 1.807) is 0 Å². The molecular formula is C21H25N2O3+. The zero-order chi connectivity index (χ0) is 17.8. The average molecular weight is 353 g/mol. The molecule has 0 radical (unpaired) electrons. The van der Waals surface area contributed by atoms with Gasteiger partial charge < -0.3 is 20.1 Å². The van der Waals surface area contributed by atoms with Gasteiger partial charge in [0.25, 0.3) is 0 Å². The van der Waals surface area contributed by atoms with E-state index in [9.17, 15) is 9.90 Å². The molecule has 5 heterocycles. The lowest BCUT2D eigenvalue weighted by atomic mass is 9.58. The van der Waals surface area contributed by atoms with E-state index in [1.807, 2.05) is 6.07 Å². The third-order valence-electron chi connectivity index (χ3n) is 8.51. The fourth-order valence-electron chi connectivity index (χ4n) is 7.76. The molecule has 5 aliphatic heterocycles. The van der Waals surface area contributed by atoms with Crippen LogP contribution in [0.4, 0.5) is 5.69 Å². The molecule has 1 saturated carbocycles. The molecule has 1 aromatic rings. The topological polar surface area (TPSA) is 63.0 Å². The minimum absolute atomic E-state index is 0.0985. The Morgan fingerprint density at radius 2 is 2.23 bits per heavy atom. The summed E-state index contributed by atoms with van der Waals surface area (Å²) >= 11 is 0. The summed E-state index contributed by atoms with van der Waals surface area (Å²) in [5, 5.41) is 15.7. The first-order valence-electron chi connectivity index (χ1n) is 9.73. The van der Waals surface area contributed by atoms with E-state index in [0.29, 0.717) is 6.04 Å². The number of carbonyl (C=O) groups is 1. The number of carbonyl (C=O) groups excluding carboxylic acids is 1. The first-order chi connectivity index (χ1) is 12.6. The van der Waals surface area contributed by atoms with Gasteiger partial charge in [-0.2, -0.15) is 0 Å². The van der Waals surface area contributed by atoms with Gasteiger partial charge in [0.2, 0.25) is 0 Å². The summed E-state index contributed by atoms with van der Waals surface area (Å²) in [5.41, 5.74) is 2.47. The summed E-state index contributed by atoms with van der Waals surface area (Å²) in [4.78, 5) is 14.7. The standard InChI is InChI=1S/C21H24N2O3/c1-3-11-10-23-15-8-13(11)21(19(25)26-2)16(23)9-20(18(21)24)12-6-4-5-7-14(12)22-17(15)20/h3-7,13,15-18,22,24H,8-10H2,1-2H3/p+1/b11-3-/t13-,15-,16-,17+,18-,20+,21+/m0/s1. The van der Waals surface area contributed by atoms with E-state index >= 15 is 0 Å². The van der Waals surface area contributed by atoms with Crippen molar-refractivity contribution >= 4 is 11.7 Å². The molecule has 3 N–H and O–H groups in total. The summed E-state index contributed by atoms with van der Waals surface area (Å²) in [6.45, 7) is 3.06. The lowest BCUT2D eigenvalue weighted by molar-refractivity contribution is -0.970. The van der Waals surface area contributed by atoms with Gasteiger partial charge in [0.1, 0.15) is 12.1 Å². The second-order valence-corrected chi connectivity index (χ2v) is 8.80. The number of allylic oxidation sites excluding steroid dienone is 1. The zero-order valence-electron chi connectivity index (χ0n) is 15.2. The van der Waals surface area contributed by atoms with Gasteiger partial charge in [0.05, 0.1) is 31.2 Å². The maximum atomic E-state index is 13.3. The predicted molar refractivity (Wildman–Crippen MR) is 95.9 cm³/mol. The Morgan fingerprint density at radius 1 is 1.42 bits per heavy atom. The van der Waals surface area contributed by atoms with Crippen LogP contribution in [0.25, 0.3) is 0 Å². The van der Waals surface area contributed by atoms with Crippen molar-refractivity contribution in [2.45, 2.75) is 49.4 Å². The highest BCUT2D eigenvalue weighted by atomic mass is 16.5. The van der Waals surface area contributed by atoms with Crippen molar-refractivity contribution in [1.29, 1.82) is 0 Å². The molecule has 6 aliphatic rings. The number of hydrogen-bond donors (Lipinski definition) is 3. The van der Waals surface area contributed by atoms with Crippen LogP contribution >= 0.6 is 0 Å². The molecule has 0 amide bonds. The number of nitrogens with one attached hydrogen (secondary N) is 2. The van der Waals surface area contributed by atoms with Gasteiger partial charge in [-0.25, -0.2) is 0 Å². The highest BCUT2D eigenvalue weighted by Crippen LogP contribution is 2.67. The lowest BCUT2D eigenvalue weighted by Crippen LogP contribution is -3.26. The summed E-state index contributed by atoms with van der Waals surface area (Å²) in [7, 11) is 1.47. The maximum Gasteiger partial charge on any atom is 0.321 e. The van der Waals surface area contributed by atoms with Gasteiger partial charge >= 0.3 is 5.97 Å². The number of hydrogen-bond acceptors (Lipinski definition) is 4. The van der Waals surface area contributed by atoms with Crippen LogP contribution in [-0.2, 0) is 14.9 Å². The average Bonchev–Trinajstić information content (AvgIpc) is 3.13. The fraction of sp³-hybridized carbons (Fsp3) is 0.571. The number of fused-ring (bicyclic) bond motifs is 2. The van der Waals surface area contributed by atoms with Crippen LogP contribution in [-0.4, -0.2) is 49.0 Å². The SMILES string of the molecule is C/C=C1/C[NH+]2[C@H]3C[C@@]45c6ccccc6N[C@@H]4[C@@H]2C[C@@H]1[C@]3(C(=O)OC)[C@H]5O. The molecule has 5 bridgehead atoms. The molecule has 5 fully saturated rings. The van der Waals surface area contributed by atoms with Crippen molar-refractivity contribution in [3.05, 3.63) is 41.5 Å².